The lowest BCUT2D eigenvalue weighted by molar-refractivity contribution is 0.226. The molecule has 2 aromatic heterocycles. The summed E-state index contributed by atoms with van der Waals surface area (Å²) >= 11 is 0. The number of hydrogen-bond acceptors (Lipinski definition) is 4. The van der Waals surface area contributed by atoms with Crippen molar-refractivity contribution in [2.45, 2.75) is 13.1 Å². The first-order chi connectivity index (χ1) is 9.18. The molecule has 1 aromatic carbocycles. The average molecular weight is 329 g/mol. The molecule has 0 radical (unpaired) electrons. The van der Waals surface area contributed by atoms with Crippen LogP contribution >= 0.6 is 24.8 Å². The summed E-state index contributed by atoms with van der Waals surface area (Å²) in [6, 6.07) is 6.13. The zero-order chi connectivity index (χ0) is 13.4. The summed E-state index contributed by atoms with van der Waals surface area (Å²) in [6.45, 7) is 2.12. The molecule has 8 heteroatoms. The van der Waals surface area contributed by atoms with Gasteiger partial charge in [-0.2, -0.15) is 5.10 Å². The summed E-state index contributed by atoms with van der Waals surface area (Å²) in [5.74, 6) is 0. The van der Waals surface area contributed by atoms with Crippen LogP contribution in [0.15, 0.2) is 37.1 Å². The molecular weight excluding hydrogens is 311 g/mol. The van der Waals surface area contributed by atoms with E-state index < -0.39 is 0 Å². The van der Waals surface area contributed by atoms with Gasteiger partial charge in [0.15, 0.2) is 0 Å². The molecular formula is C13H18Cl2N6. The van der Waals surface area contributed by atoms with Crippen molar-refractivity contribution >= 4 is 35.7 Å². The van der Waals surface area contributed by atoms with E-state index in [1.54, 1.807) is 12.7 Å². The molecule has 114 valence electrons. The van der Waals surface area contributed by atoms with E-state index >= 15 is 0 Å². The van der Waals surface area contributed by atoms with Crippen LogP contribution < -0.4 is 0 Å². The van der Waals surface area contributed by atoms with E-state index in [1.165, 1.54) is 0 Å². The SMILES string of the molecule is CC(N(C)C)n1ncc2cccc(-n3cnnc3)c21.Cl.Cl. The zero-order valence-corrected chi connectivity index (χ0v) is 13.7. The van der Waals surface area contributed by atoms with Gasteiger partial charge in [0.1, 0.15) is 18.8 Å². The average Bonchev–Trinajstić information content (AvgIpc) is 3.06. The van der Waals surface area contributed by atoms with Crippen LogP contribution in [0.1, 0.15) is 13.1 Å². The quantitative estimate of drug-likeness (QED) is 0.741. The van der Waals surface area contributed by atoms with Crippen LogP contribution in [0.5, 0.6) is 0 Å². The second-order valence-electron chi connectivity index (χ2n) is 4.77. The summed E-state index contributed by atoms with van der Waals surface area (Å²) in [4.78, 5) is 2.12. The van der Waals surface area contributed by atoms with Crippen LogP contribution in [-0.2, 0) is 0 Å². The van der Waals surface area contributed by atoms with Crippen LogP contribution in [0, 0.1) is 0 Å². The maximum atomic E-state index is 4.51. The van der Waals surface area contributed by atoms with Crippen LogP contribution in [-0.4, -0.2) is 43.5 Å². The van der Waals surface area contributed by atoms with Gasteiger partial charge in [-0.05, 0) is 27.1 Å². The number of fused-ring (bicyclic) bond motifs is 1. The Labute approximate surface area is 135 Å². The molecule has 0 bridgehead atoms. The van der Waals surface area contributed by atoms with Crippen molar-refractivity contribution < 1.29 is 0 Å². The van der Waals surface area contributed by atoms with Gasteiger partial charge in [0.2, 0.25) is 0 Å². The van der Waals surface area contributed by atoms with Crippen molar-refractivity contribution in [3.8, 4) is 5.69 Å². The minimum absolute atomic E-state index is 0. The molecule has 0 fully saturated rings. The molecule has 6 nitrogen and oxygen atoms in total. The van der Waals surface area contributed by atoms with E-state index in [9.17, 15) is 0 Å². The van der Waals surface area contributed by atoms with Gasteiger partial charge in [-0.25, -0.2) is 4.68 Å². The van der Waals surface area contributed by atoms with Crippen LogP contribution in [0.4, 0.5) is 0 Å². The molecule has 1 unspecified atom stereocenters. The van der Waals surface area contributed by atoms with Crippen molar-refractivity contribution in [2.24, 2.45) is 0 Å². The third-order valence-electron chi connectivity index (χ3n) is 3.39. The maximum absolute atomic E-state index is 4.51. The second-order valence-corrected chi connectivity index (χ2v) is 4.77. The molecule has 0 amide bonds. The monoisotopic (exact) mass is 328 g/mol. The summed E-state index contributed by atoms with van der Waals surface area (Å²) in [6.07, 6.45) is 5.47. The molecule has 0 N–H and O–H groups in total. The smallest absolute Gasteiger partial charge is 0.123 e. The molecule has 0 spiro atoms. The summed E-state index contributed by atoms with van der Waals surface area (Å²) in [7, 11) is 4.08. The largest absolute Gasteiger partial charge is 0.288 e. The van der Waals surface area contributed by atoms with Crippen molar-refractivity contribution in [1.82, 2.24) is 29.4 Å². The molecule has 1 atom stereocenters. The van der Waals surface area contributed by atoms with Gasteiger partial charge < -0.3 is 0 Å². The summed E-state index contributed by atoms with van der Waals surface area (Å²) < 4.78 is 3.92. The van der Waals surface area contributed by atoms with Crippen LogP contribution in [0.3, 0.4) is 0 Å². The van der Waals surface area contributed by atoms with E-state index in [1.807, 2.05) is 41.7 Å². The van der Waals surface area contributed by atoms with Gasteiger partial charge in [-0.3, -0.25) is 9.47 Å². The number of para-hydroxylation sites is 1. The summed E-state index contributed by atoms with van der Waals surface area (Å²) in [5, 5.41) is 13.4. The van der Waals surface area contributed by atoms with Gasteiger partial charge in [0.05, 0.1) is 17.4 Å². The van der Waals surface area contributed by atoms with E-state index in [-0.39, 0.29) is 31.0 Å². The highest BCUT2D eigenvalue weighted by Crippen LogP contribution is 2.25. The number of rotatable bonds is 3. The van der Waals surface area contributed by atoms with Crippen LogP contribution in [0.2, 0.25) is 0 Å². The Morgan fingerprint density at radius 1 is 1.10 bits per heavy atom. The molecule has 2 heterocycles. The van der Waals surface area contributed by atoms with Gasteiger partial charge in [0, 0.05) is 5.39 Å². The van der Waals surface area contributed by atoms with Crippen molar-refractivity contribution in [1.29, 1.82) is 0 Å². The lowest BCUT2D eigenvalue weighted by Gasteiger charge is -2.21. The maximum Gasteiger partial charge on any atom is 0.123 e. The fraction of sp³-hybridized carbons (Fsp3) is 0.308. The van der Waals surface area contributed by atoms with Gasteiger partial charge in [0.25, 0.3) is 0 Å². The first kappa shape index (κ1) is 17.4. The molecule has 0 aliphatic carbocycles. The molecule has 0 aliphatic heterocycles. The van der Waals surface area contributed by atoms with E-state index in [0.717, 1.165) is 16.6 Å². The predicted molar refractivity (Wildman–Crippen MR) is 87.5 cm³/mol. The third-order valence-corrected chi connectivity index (χ3v) is 3.39. The Morgan fingerprint density at radius 2 is 1.76 bits per heavy atom. The Hall–Kier alpha value is -1.63. The first-order valence-corrected chi connectivity index (χ1v) is 6.16. The minimum atomic E-state index is 0. The van der Waals surface area contributed by atoms with E-state index in [0.29, 0.717) is 0 Å². The van der Waals surface area contributed by atoms with Gasteiger partial charge in [-0.1, -0.05) is 12.1 Å². The zero-order valence-electron chi connectivity index (χ0n) is 12.0. The fourth-order valence-electron chi connectivity index (χ4n) is 2.12. The first-order valence-electron chi connectivity index (χ1n) is 6.16. The Bertz CT molecular complexity index is 692. The molecule has 0 saturated carbocycles. The number of halogens is 2. The molecule has 0 aliphatic rings. The van der Waals surface area contributed by atoms with E-state index in [4.69, 9.17) is 0 Å². The topological polar surface area (TPSA) is 51.8 Å². The standard InChI is InChI=1S/C13H16N6.2ClH/c1-10(17(2)3)19-13-11(7-16-19)5-4-6-12(13)18-8-14-15-9-18;;/h4-10H,1-3H3;2*1H. The number of hydrogen-bond donors (Lipinski definition) is 0. The highest BCUT2D eigenvalue weighted by atomic mass is 35.5. The fourth-order valence-corrected chi connectivity index (χ4v) is 2.12. The lowest BCUT2D eigenvalue weighted by atomic mass is 10.2. The van der Waals surface area contributed by atoms with Crippen molar-refractivity contribution in [2.75, 3.05) is 14.1 Å². The highest BCUT2D eigenvalue weighted by molar-refractivity contribution is 5.86. The van der Waals surface area contributed by atoms with Crippen molar-refractivity contribution in [3.05, 3.63) is 37.1 Å². The lowest BCUT2D eigenvalue weighted by Crippen LogP contribution is -2.24. The highest BCUT2D eigenvalue weighted by Gasteiger charge is 2.15. The van der Waals surface area contributed by atoms with Gasteiger partial charge >= 0.3 is 0 Å². The molecule has 21 heavy (non-hydrogen) atoms. The van der Waals surface area contributed by atoms with E-state index in [2.05, 4.69) is 33.2 Å². The Balaban J connectivity index is 0.00000110. The predicted octanol–water partition coefficient (Wildman–Crippen LogP) is 2.54. The number of benzene rings is 1. The molecule has 3 rings (SSSR count). The van der Waals surface area contributed by atoms with Crippen molar-refractivity contribution in [3.63, 3.8) is 0 Å². The summed E-state index contributed by atoms with van der Waals surface area (Å²) in [5.41, 5.74) is 2.12. The Kier molecular flexibility index (Phi) is 5.71. The number of nitrogens with zero attached hydrogens (tertiary/aromatic N) is 6. The number of aromatic nitrogens is 5. The molecule has 3 aromatic rings. The van der Waals surface area contributed by atoms with Crippen LogP contribution in [0.25, 0.3) is 16.6 Å². The third kappa shape index (κ3) is 3.02. The van der Waals surface area contributed by atoms with Gasteiger partial charge in [-0.15, -0.1) is 35.0 Å². The second kappa shape index (κ2) is 6.89. The molecule has 0 saturated heterocycles. The Morgan fingerprint density at radius 3 is 2.38 bits per heavy atom. The normalized spacial score (nSPS) is 12.0. The minimum Gasteiger partial charge on any atom is -0.288 e.